The first-order chi connectivity index (χ1) is 10.1. The van der Waals surface area contributed by atoms with Crippen molar-refractivity contribution in [2.45, 2.75) is 13.8 Å². The highest BCUT2D eigenvalue weighted by Gasteiger charge is 2.06. The van der Waals surface area contributed by atoms with Gasteiger partial charge in [0.2, 0.25) is 0 Å². The fourth-order valence-electron chi connectivity index (χ4n) is 1.98. The van der Waals surface area contributed by atoms with Crippen molar-refractivity contribution >= 4 is 17.2 Å². The number of para-hydroxylation sites is 1. The summed E-state index contributed by atoms with van der Waals surface area (Å²) in [5.74, 6) is 1.58. The first-order valence-electron chi connectivity index (χ1n) is 6.80. The highest BCUT2D eigenvalue weighted by Crippen LogP contribution is 2.21. The zero-order chi connectivity index (χ0) is 15.2. The predicted octanol–water partition coefficient (Wildman–Crippen LogP) is 3.40. The van der Waals surface area contributed by atoms with Gasteiger partial charge >= 0.3 is 0 Å². The standard InChI is InChI=1S/C17H19NO2S/c1-12-6-5-9-15(13(12)2)19-10-11-20-16-8-4-3-7-14(16)17(18)21/h3-9H,10-11H2,1-2H3,(H2,18,21). The van der Waals surface area contributed by atoms with Crippen LogP contribution in [-0.4, -0.2) is 18.2 Å². The maximum Gasteiger partial charge on any atom is 0.129 e. The maximum atomic E-state index is 5.75. The molecule has 4 heteroatoms. The van der Waals surface area contributed by atoms with Crippen LogP contribution in [0.2, 0.25) is 0 Å². The molecule has 2 rings (SSSR count). The zero-order valence-corrected chi connectivity index (χ0v) is 13.1. The third kappa shape index (κ3) is 3.95. The minimum atomic E-state index is 0.334. The Morgan fingerprint density at radius 3 is 2.29 bits per heavy atom. The van der Waals surface area contributed by atoms with Gasteiger partial charge < -0.3 is 15.2 Å². The number of hydrogen-bond acceptors (Lipinski definition) is 3. The normalized spacial score (nSPS) is 10.2. The summed E-state index contributed by atoms with van der Waals surface area (Å²) in [4.78, 5) is 0.334. The summed E-state index contributed by atoms with van der Waals surface area (Å²) in [6, 6.07) is 13.5. The fraction of sp³-hybridized carbons (Fsp3) is 0.235. The van der Waals surface area contributed by atoms with Crippen molar-refractivity contribution < 1.29 is 9.47 Å². The molecule has 0 aliphatic carbocycles. The molecule has 0 aromatic heterocycles. The molecule has 0 atom stereocenters. The number of rotatable bonds is 6. The van der Waals surface area contributed by atoms with Crippen molar-refractivity contribution in [1.82, 2.24) is 0 Å². The lowest BCUT2D eigenvalue weighted by Crippen LogP contribution is -2.14. The van der Waals surface area contributed by atoms with E-state index in [-0.39, 0.29) is 0 Å². The summed E-state index contributed by atoms with van der Waals surface area (Å²) >= 11 is 5.00. The highest BCUT2D eigenvalue weighted by molar-refractivity contribution is 7.80. The molecule has 2 aromatic rings. The van der Waals surface area contributed by atoms with E-state index in [1.54, 1.807) is 0 Å². The molecule has 0 saturated heterocycles. The van der Waals surface area contributed by atoms with E-state index in [9.17, 15) is 0 Å². The van der Waals surface area contributed by atoms with Crippen LogP contribution in [0, 0.1) is 13.8 Å². The van der Waals surface area contributed by atoms with Crippen molar-refractivity contribution in [3.05, 3.63) is 59.2 Å². The molecule has 0 saturated carbocycles. The lowest BCUT2D eigenvalue weighted by atomic mass is 10.1. The summed E-state index contributed by atoms with van der Waals surface area (Å²) < 4.78 is 11.4. The first kappa shape index (κ1) is 15.3. The molecule has 0 unspecified atom stereocenters. The van der Waals surface area contributed by atoms with Gasteiger partial charge in [0.25, 0.3) is 0 Å². The SMILES string of the molecule is Cc1cccc(OCCOc2ccccc2C(N)=S)c1C. The third-order valence-corrected chi connectivity index (χ3v) is 3.53. The first-order valence-corrected chi connectivity index (χ1v) is 7.21. The molecule has 2 N–H and O–H groups in total. The molecule has 0 amide bonds. The Labute approximate surface area is 130 Å². The Morgan fingerprint density at radius 2 is 1.57 bits per heavy atom. The van der Waals surface area contributed by atoms with Crippen molar-refractivity contribution in [2.24, 2.45) is 5.73 Å². The Bertz CT molecular complexity index is 640. The summed E-state index contributed by atoms with van der Waals surface area (Å²) in [7, 11) is 0. The van der Waals surface area contributed by atoms with Crippen LogP contribution < -0.4 is 15.2 Å². The molecular formula is C17H19NO2S. The van der Waals surface area contributed by atoms with Gasteiger partial charge in [-0.05, 0) is 43.2 Å². The highest BCUT2D eigenvalue weighted by atomic mass is 32.1. The molecule has 0 spiro atoms. The van der Waals surface area contributed by atoms with E-state index in [0.29, 0.717) is 24.0 Å². The number of benzene rings is 2. The minimum Gasteiger partial charge on any atom is -0.490 e. The van der Waals surface area contributed by atoms with Crippen LogP contribution in [0.25, 0.3) is 0 Å². The van der Waals surface area contributed by atoms with Crippen molar-refractivity contribution in [2.75, 3.05) is 13.2 Å². The third-order valence-electron chi connectivity index (χ3n) is 3.31. The van der Waals surface area contributed by atoms with E-state index in [1.165, 1.54) is 5.56 Å². The molecule has 21 heavy (non-hydrogen) atoms. The van der Waals surface area contributed by atoms with Gasteiger partial charge in [0.05, 0.1) is 5.56 Å². The largest absolute Gasteiger partial charge is 0.490 e. The molecule has 0 aliphatic rings. The van der Waals surface area contributed by atoms with E-state index in [1.807, 2.05) is 43.3 Å². The summed E-state index contributed by atoms with van der Waals surface area (Å²) in [6.45, 7) is 5.02. The smallest absolute Gasteiger partial charge is 0.129 e. The fourth-order valence-corrected chi connectivity index (χ4v) is 2.15. The molecule has 2 aromatic carbocycles. The van der Waals surface area contributed by atoms with Gasteiger partial charge in [-0.15, -0.1) is 0 Å². The van der Waals surface area contributed by atoms with Crippen LogP contribution in [0.15, 0.2) is 42.5 Å². The van der Waals surface area contributed by atoms with E-state index >= 15 is 0 Å². The summed E-state index contributed by atoms with van der Waals surface area (Å²) in [6.07, 6.45) is 0. The maximum absolute atomic E-state index is 5.75. The molecule has 0 radical (unpaired) electrons. The number of thiocarbonyl (C=S) groups is 1. The minimum absolute atomic E-state index is 0.334. The quantitative estimate of drug-likeness (QED) is 0.656. The number of nitrogens with two attached hydrogens (primary N) is 1. The van der Waals surface area contributed by atoms with Gasteiger partial charge in [-0.1, -0.05) is 36.5 Å². The second-order valence-corrected chi connectivity index (χ2v) is 5.20. The van der Waals surface area contributed by atoms with E-state index < -0.39 is 0 Å². The van der Waals surface area contributed by atoms with Crippen LogP contribution in [0.4, 0.5) is 0 Å². The molecule has 3 nitrogen and oxygen atoms in total. The monoisotopic (exact) mass is 301 g/mol. The topological polar surface area (TPSA) is 44.5 Å². The van der Waals surface area contributed by atoms with E-state index in [4.69, 9.17) is 27.4 Å². The molecule has 0 heterocycles. The van der Waals surface area contributed by atoms with Crippen LogP contribution in [0.5, 0.6) is 11.5 Å². The summed E-state index contributed by atoms with van der Waals surface area (Å²) in [5, 5.41) is 0. The lowest BCUT2D eigenvalue weighted by molar-refractivity contribution is 0.216. The van der Waals surface area contributed by atoms with E-state index in [0.717, 1.165) is 16.9 Å². The molecule has 0 aliphatic heterocycles. The number of ether oxygens (including phenoxy) is 2. The zero-order valence-electron chi connectivity index (χ0n) is 12.3. The van der Waals surface area contributed by atoms with Crippen molar-refractivity contribution in [3.63, 3.8) is 0 Å². The Hall–Kier alpha value is -2.07. The lowest BCUT2D eigenvalue weighted by Gasteiger charge is -2.13. The second-order valence-electron chi connectivity index (χ2n) is 4.76. The van der Waals surface area contributed by atoms with Gasteiger partial charge in [0, 0.05) is 0 Å². The average molecular weight is 301 g/mol. The second kappa shape index (κ2) is 7.09. The molecular weight excluding hydrogens is 282 g/mol. The molecule has 0 fully saturated rings. The predicted molar refractivity (Wildman–Crippen MR) is 89.2 cm³/mol. The molecule has 110 valence electrons. The van der Waals surface area contributed by atoms with Gasteiger partial charge in [-0.3, -0.25) is 0 Å². The molecule has 0 bridgehead atoms. The van der Waals surface area contributed by atoms with Crippen LogP contribution in [0.1, 0.15) is 16.7 Å². The van der Waals surface area contributed by atoms with Crippen LogP contribution in [0.3, 0.4) is 0 Å². The Kier molecular flexibility index (Phi) is 5.17. The number of hydrogen-bond donors (Lipinski definition) is 1. The Morgan fingerprint density at radius 1 is 0.952 bits per heavy atom. The van der Waals surface area contributed by atoms with Crippen LogP contribution >= 0.6 is 12.2 Å². The summed E-state index contributed by atoms with van der Waals surface area (Å²) in [5.41, 5.74) is 8.78. The Balaban J connectivity index is 1.91. The van der Waals surface area contributed by atoms with Crippen molar-refractivity contribution in [3.8, 4) is 11.5 Å². The van der Waals surface area contributed by atoms with Gasteiger partial charge in [0.1, 0.15) is 29.7 Å². The van der Waals surface area contributed by atoms with Gasteiger partial charge in [-0.25, -0.2) is 0 Å². The van der Waals surface area contributed by atoms with Gasteiger partial charge in [0.15, 0.2) is 0 Å². The average Bonchev–Trinajstić information content (AvgIpc) is 2.48. The van der Waals surface area contributed by atoms with Crippen molar-refractivity contribution in [1.29, 1.82) is 0 Å². The van der Waals surface area contributed by atoms with Gasteiger partial charge in [-0.2, -0.15) is 0 Å². The van der Waals surface area contributed by atoms with E-state index in [2.05, 4.69) is 13.0 Å². The number of aryl methyl sites for hydroxylation is 1. The van der Waals surface area contributed by atoms with Crippen LogP contribution in [-0.2, 0) is 0 Å².